The fourth-order valence-corrected chi connectivity index (χ4v) is 3.32. The molecule has 0 fully saturated rings. The van der Waals surface area contributed by atoms with E-state index in [0.717, 1.165) is 17.1 Å². The van der Waals surface area contributed by atoms with Crippen molar-refractivity contribution < 1.29 is 14.3 Å². The summed E-state index contributed by atoms with van der Waals surface area (Å²) >= 11 is 0. The molecule has 0 amide bonds. The van der Waals surface area contributed by atoms with E-state index < -0.39 is 0 Å². The highest BCUT2D eigenvalue weighted by molar-refractivity contribution is 5.90. The topological polar surface area (TPSA) is 47.6 Å². The van der Waals surface area contributed by atoms with Gasteiger partial charge in [0.2, 0.25) is 0 Å². The number of nitrogens with one attached hydrogen (secondary N) is 1. The number of anilines is 2. The van der Waals surface area contributed by atoms with Crippen LogP contribution in [-0.4, -0.2) is 19.2 Å². The first-order valence-corrected chi connectivity index (χ1v) is 9.48. The summed E-state index contributed by atoms with van der Waals surface area (Å²) in [6.07, 6.45) is 0. The molecule has 0 spiro atoms. The Bertz CT molecular complexity index is 845. The molecule has 0 saturated heterocycles. The lowest BCUT2D eigenvalue weighted by Gasteiger charge is -2.24. The minimum absolute atomic E-state index is 0.0131. The van der Waals surface area contributed by atoms with Gasteiger partial charge in [-0.05, 0) is 48.7 Å². The van der Waals surface area contributed by atoms with Gasteiger partial charge in [0.1, 0.15) is 5.75 Å². The summed E-state index contributed by atoms with van der Waals surface area (Å²) < 4.78 is 11.1. The van der Waals surface area contributed by atoms with Gasteiger partial charge in [0, 0.05) is 27.9 Å². The van der Waals surface area contributed by atoms with E-state index >= 15 is 0 Å². The number of carbonyl (C=O) groups excluding carboxylic acids is 1. The Hall–Kier alpha value is -2.49. The van der Waals surface area contributed by atoms with Crippen LogP contribution in [0, 0.1) is 0 Å². The Morgan fingerprint density at radius 3 is 2.41 bits per heavy atom. The number of ether oxygens (including phenoxy) is 2. The van der Waals surface area contributed by atoms with Gasteiger partial charge in [0.15, 0.2) is 0 Å². The van der Waals surface area contributed by atoms with E-state index in [0.29, 0.717) is 18.8 Å². The molecule has 4 heteroatoms. The van der Waals surface area contributed by atoms with Crippen LogP contribution in [0.5, 0.6) is 5.75 Å². The van der Waals surface area contributed by atoms with Gasteiger partial charge in [-0.2, -0.15) is 0 Å². The van der Waals surface area contributed by atoms with Crippen LogP contribution < -0.4 is 10.1 Å². The van der Waals surface area contributed by atoms with Crippen LogP contribution in [0.1, 0.15) is 63.0 Å². The van der Waals surface area contributed by atoms with Crippen LogP contribution in [0.2, 0.25) is 0 Å². The Morgan fingerprint density at radius 2 is 1.81 bits per heavy atom. The molecule has 144 valence electrons. The lowest BCUT2D eigenvalue weighted by atomic mass is 9.80. The van der Waals surface area contributed by atoms with Crippen molar-refractivity contribution in [2.75, 3.05) is 18.5 Å². The normalized spacial score (nSPS) is 15.0. The van der Waals surface area contributed by atoms with Crippen molar-refractivity contribution in [3.8, 4) is 5.75 Å². The van der Waals surface area contributed by atoms with Gasteiger partial charge in [-0.15, -0.1) is 0 Å². The number of rotatable bonds is 4. The van der Waals surface area contributed by atoms with Crippen LogP contribution in [0.3, 0.4) is 0 Å². The molecule has 1 N–H and O–H groups in total. The molecule has 0 radical (unpaired) electrons. The van der Waals surface area contributed by atoms with Gasteiger partial charge < -0.3 is 14.8 Å². The zero-order chi connectivity index (χ0) is 19.8. The predicted octanol–water partition coefficient (Wildman–Crippen LogP) is 5.57. The standard InChI is InChI=1S/C23H29NO3/c1-7-26-21(25)15-8-10-16(11-9-15)24-17-12-18(22(2,3)4)20-19(13-17)23(5,6)14-27-20/h8-13,24H,7,14H2,1-6H3. The van der Waals surface area contributed by atoms with E-state index in [1.54, 1.807) is 19.1 Å². The molecule has 0 atom stereocenters. The second-order valence-electron chi connectivity index (χ2n) is 8.75. The van der Waals surface area contributed by atoms with Crippen molar-refractivity contribution in [1.29, 1.82) is 0 Å². The third kappa shape index (κ3) is 3.95. The minimum atomic E-state index is -0.296. The van der Waals surface area contributed by atoms with Crippen molar-refractivity contribution in [2.45, 2.75) is 52.4 Å². The van der Waals surface area contributed by atoms with E-state index in [4.69, 9.17) is 9.47 Å². The summed E-state index contributed by atoms with van der Waals surface area (Å²) in [6.45, 7) is 13.9. The largest absolute Gasteiger partial charge is 0.492 e. The lowest BCUT2D eigenvalue weighted by Crippen LogP contribution is -2.18. The van der Waals surface area contributed by atoms with Gasteiger partial charge in [0.25, 0.3) is 0 Å². The highest BCUT2D eigenvalue weighted by atomic mass is 16.5. The lowest BCUT2D eigenvalue weighted by molar-refractivity contribution is 0.0526. The molecule has 1 heterocycles. The Labute approximate surface area is 161 Å². The summed E-state index contributed by atoms with van der Waals surface area (Å²) in [5.74, 6) is 0.728. The van der Waals surface area contributed by atoms with Crippen LogP contribution in [0.25, 0.3) is 0 Å². The molecule has 0 bridgehead atoms. The molecule has 0 aromatic heterocycles. The number of esters is 1. The molecule has 1 aliphatic rings. The van der Waals surface area contributed by atoms with Crippen LogP contribution >= 0.6 is 0 Å². The van der Waals surface area contributed by atoms with Crippen molar-refractivity contribution in [2.24, 2.45) is 0 Å². The number of hydrogen-bond donors (Lipinski definition) is 1. The summed E-state index contributed by atoms with van der Waals surface area (Å²) in [5, 5.41) is 3.47. The summed E-state index contributed by atoms with van der Waals surface area (Å²) in [6, 6.07) is 11.7. The highest BCUT2D eigenvalue weighted by Crippen LogP contribution is 2.46. The van der Waals surface area contributed by atoms with Gasteiger partial charge in [0.05, 0.1) is 18.8 Å². The summed E-state index contributed by atoms with van der Waals surface area (Å²) in [4.78, 5) is 11.8. The van der Waals surface area contributed by atoms with E-state index in [1.807, 2.05) is 12.1 Å². The third-order valence-electron chi connectivity index (χ3n) is 4.89. The van der Waals surface area contributed by atoms with Gasteiger partial charge in [-0.3, -0.25) is 0 Å². The third-order valence-corrected chi connectivity index (χ3v) is 4.89. The maximum absolute atomic E-state index is 11.8. The smallest absolute Gasteiger partial charge is 0.338 e. The first-order valence-electron chi connectivity index (χ1n) is 9.48. The Morgan fingerprint density at radius 1 is 1.15 bits per heavy atom. The van der Waals surface area contributed by atoms with E-state index in [1.165, 1.54) is 11.1 Å². The molecule has 0 unspecified atom stereocenters. The van der Waals surface area contributed by atoms with Crippen LogP contribution in [0.15, 0.2) is 36.4 Å². The molecule has 27 heavy (non-hydrogen) atoms. The maximum Gasteiger partial charge on any atom is 0.338 e. The van der Waals surface area contributed by atoms with Crippen molar-refractivity contribution >= 4 is 17.3 Å². The minimum Gasteiger partial charge on any atom is -0.492 e. The first kappa shape index (κ1) is 19.3. The molecule has 3 rings (SSSR count). The predicted molar refractivity (Wildman–Crippen MR) is 109 cm³/mol. The van der Waals surface area contributed by atoms with Crippen molar-refractivity contribution in [3.63, 3.8) is 0 Å². The van der Waals surface area contributed by atoms with Gasteiger partial charge >= 0.3 is 5.97 Å². The van der Waals surface area contributed by atoms with Crippen molar-refractivity contribution in [3.05, 3.63) is 53.1 Å². The summed E-state index contributed by atoms with van der Waals surface area (Å²) in [7, 11) is 0. The van der Waals surface area contributed by atoms with E-state index in [2.05, 4.69) is 52.1 Å². The van der Waals surface area contributed by atoms with Crippen LogP contribution in [0.4, 0.5) is 11.4 Å². The number of benzene rings is 2. The van der Waals surface area contributed by atoms with Crippen LogP contribution in [-0.2, 0) is 15.6 Å². The monoisotopic (exact) mass is 367 g/mol. The highest BCUT2D eigenvalue weighted by Gasteiger charge is 2.36. The molecule has 0 aliphatic carbocycles. The SMILES string of the molecule is CCOC(=O)c1ccc(Nc2cc(C(C)(C)C)c3c(c2)C(C)(C)CO3)cc1. The average molecular weight is 367 g/mol. The summed E-state index contributed by atoms with van der Waals surface area (Å²) in [5.41, 5.74) is 4.93. The molecular weight excluding hydrogens is 338 g/mol. The maximum atomic E-state index is 11.8. The molecule has 2 aromatic carbocycles. The fourth-order valence-electron chi connectivity index (χ4n) is 3.32. The second kappa shape index (κ2) is 6.91. The van der Waals surface area contributed by atoms with E-state index in [-0.39, 0.29) is 16.8 Å². The van der Waals surface area contributed by atoms with Gasteiger partial charge in [-0.25, -0.2) is 4.79 Å². The second-order valence-corrected chi connectivity index (χ2v) is 8.75. The fraction of sp³-hybridized carbons (Fsp3) is 0.435. The Kier molecular flexibility index (Phi) is 4.94. The molecule has 2 aromatic rings. The van der Waals surface area contributed by atoms with Crippen molar-refractivity contribution in [1.82, 2.24) is 0 Å². The first-order chi connectivity index (χ1) is 12.6. The Balaban J connectivity index is 1.93. The van der Waals surface area contributed by atoms with Gasteiger partial charge in [-0.1, -0.05) is 34.6 Å². The zero-order valence-electron chi connectivity index (χ0n) is 17.1. The molecule has 4 nitrogen and oxygen atoms in total. The quantitative estimate of drug-likeness (QED) is 0.717. The molecule has 0 saturated carbocycles. The number of hydrogen-bond acceptors (Lipinski definition) is 4. The average Bonchev–Trinajstić information content (AvgIpc) is 2.89. The zero-order valence-corrected chi connectivity index (χ0v) is 17.1. The molecular formula is C23H29NO3. The number of fused-ring (bicyclic) bond motifs is 1. The molecule has 1 aliphatic heterocycles. The number of carbonyl (C=O) groups is 1. The van der Waals surface area contributed by atoms with E-state index in [9.17, 15) is 4.79 Å².